The number of anilines is 1. The molecule has 0 spiro atoms. The third-order valence-corrected chi connectivity index (χ3v) is 6.17. The van der Waals surface area contributed by atoms with Crippen LogP contribution in [0, 0.1) is 5.92 Å². The van der Waals surface area contributed by atoms with Gasteiger partial charge in [0.1, 0.15) is 5.00 Å². The topological polar surface area (TPSA) is 58.2 Å². The smallest absolute Gasteiger partial charge is 0.257 e. The first-order valence-electron chi connectivity index (χ1n) is 7.93. The van der Waals surface area contributed by atoms with Crippen LogP contribution in [0.1, 0.15) is 44.5 Å². The van der Waals surface area contributed by atoms with E-state index >= 15 is 0 Å². The number of rotatable bonds is 3. The number of amides is 2. The van der Waals surface area contributed by atoms with E-state index in [1.54, 1.807) is 13.1 Å². The second kappa shape index (κ2) is 7.07. The number of benzene rings is 1. The Morgan fingerprint density at radius 1 is 1.25 bits per heavy atom. The summed E-state index contributed by atoms with van der Waals surface area (Å²) in [4.78, 5) is 26.2. The summed E-state index contributed by atoms with van der Waals surface area (Å²) in [5.74, 6) is 0.268. The van der Waals surface area contributed by atoms with Crippen LogP contribution in [-0.4, -0.2) is 18.9 Å². The first-order chi connectivity index (χ1) is 11.5. The molecule has 2 aromatic rings. The molecule has 0 saturated heterocycles. The monoisotopic (exact) mass is 406 g/mol. The van der Waals surface area contributed by atoms with Crippen molar-refractivity contribution in [1.29, 1.82) is 0 Å². The first-order valence-corrected chi connectivity index (χ1v) is 9.54. The van der Waals surface area contributed by atoms with Gasteiger partial charge in [0.15, 0.2) is 0 Å². The van der Waals surface area contributed by atoms with Crippen molar-refractivity contribution in [2.45, 2.75) is 26.2 Å². The summed E-state index contributed by atoms with van der Waals surface area (Å²) in [5, 5.41) is 6.29. The van der Waals surface area contributed by atoms with Crippen molar-refractivity contribution < 1.29 is 9.59 Å². The third-order valence-electron chi connectivity index (χ3n) is 4.31. The zero-order valence-corrected chi connectivity index (χ0v) is 16.0. The van der Waals surface area contributed by atoms with E-state index in [2.05, 4.69) is 33.5 Å². The van der Waals surface area contributed by atoms with Gasteiger partial charge in [-0.1, -0.05) is 19.1 Å². The molecular weight excluding hydrogens is 388 g/mol. The molecule has 24 heavy (non-hydrogen) atoms. The number of thiophene rings is 1. The molecule has 0 aliphatic heterocycles. The maximum absolute atomic E-state index is 12.6. The highest BCUT2D eigenvalue weighted by Gasteiger charge is 2.28. The maximum atomic E-state index is 12.6. The van der Waals surface area contributed by atoms with Gasteiger partial charge in [0.2, 0.25) is 0 Å². The molecule has 1 aliphatic carbocycles. The highest BCUT2D eigenvalue weighted by Crippen LogP contribution is 2.40. The summed E-state index contributed by atoms with van der Waals surface area (Å²) in [5.41, 5.74) is 2.28. The van der Waals surface area contributed by atoms with Crippen LogP contribution in [0.4, 0.5) is 5.00 Å². The van der Waals surface area contributed by atoms with Gasteiger partial charge in [0, 0.05) is 16.4 Å². The minimum absolute atomic E-state index is 0.135. The molecular formula is C18H19BrN2O2S. The van der Waals surface area contributed by atoms with Gasteiger partial charge in [0.05, 0.1) is 11.1 Å². The van der Waals surface area contributed by atoms with Crippen molar-refractivity contribution in [2.24, 2.45) is 5.92 Å². The van der Waals surface area contributed by atoms with E-state index in [-0.39, 0.29) is 11.8 Å². The van der Waals surface area contributed by atoms with Crippen molar-refractivity contribution in [3.05, 3.63) is 50.3 Å². The van der Waals surface area contributed by atoms with Crippen LogP contribution < -0.4 is 10.6 Å². The van der Waals surface area contributed by atoms with Crippen LogP contribution in [0.3, 0.4) is 0 Å². The predicted octanol–water partition coefficient (Wildman–Crippen LogP) is 4.25. The van der Waals surface area contributed by atoms with Crippen LogP contribution in [0.5, 0.6) is 0 Å². The Kier molecular flexibility index (Phi) is 5.06. The zero-order chi connectivity index (χ0) is 17.3. The fourth-order valence-corrected chi connectivity index (χ4v) is 4.89. The van der Waals surface area contributed by atoms with Crippen LogP contribution >= 0.6 is 27.3 Å². The minimum Gasteiger partial charge on any atom is -0.355 e. The molecule has 0 saturated carbocycles. The number of hydrogen-bond donors (Lipinski definition) is 2. The molecule has 2 N–H and O–H groups in total. The Morgan fingerprint density at radius 2 is 2.00 bits per heavy atom. The second-order valence-corrected chi connectivity index (χ2v) is 8.03. The quantitative estimate of drug-likeness (QED) is 0.800. The van der Waals surface area contributed by atoms with Crippen LogP contribution in [0.15, 0.2) is 28.7 Å². The van der Waals surface area contributed by atoms with E-state index in [1.165, 1.54) is 16.2 Å². The molecule has 3 rings (SSSR count). The normalized spacial score (nSPS) is 16.4. The van der Waals surface area contributed by atoms with Crippen LogP contribution in [0.2, 0.25) is 0 Å². The lowest BCUT2D eigenvalue weighted by molar-refractivity contribution is 0.0963. The molecule has 126 valence electrons. The summed E-state index contributed by atoms with van der Waals surface area (Å²) in [6.07, 6.45) is 2.93. The van der Waals surface area contributed by atoms with Crippen LogP contribution in [-0.2, 0) is 12.8 Å². The molecule has 1 heterocycles. The van der Waals surface area contributed by atoms with Crippen molar-refractivity contribution in [3.63, 3.8) is 0 Å². The van der Waals surface area contributed by atoms with Crippen LogP contribution in [0.25, 0.3) is 0 Å². The number of hydrogen-bond acceptors (Lipinski definition) is 3. The Morgan fingerprint density at radius 3 is 2.71 bits per heavy atom. The number of nitrogens with one attached hydrogen (secondary N) is 2. The number of carbonyl (C=O) groups excluding carboxylic acids is 2. The highest BCUT2D eigenvalue weighted by atomic mass is 79.9. The summed E-state index contributed by atoms with van der Waals surface area (Å²) < 4.78 is 0.735. The van der Waals surface area contributed by atoms with Crippen molar-refractivity contribution in [1.82, 2.24) is 5.32 Å². The predicted molar refractivity (Wildman–Crippen MR) is 101 cm³/mol. The van der Waals surface area contributed by atoms with Gasteiger partial charge in [-0.25, -0.2) is 0 Å². The average Bonchev–Trinajstić information content (AvgIpc) is 2.91. The van der Waals surface area contributed by atoms with Gasteiger partial charge in [-0.2, -0.15) is 0 Å². The second-order valence-electron chi connectivity index (χ2n) is 6.07. The lowest BCUT2D eigenvalue weighted by Crippen LogP contribution is -2.22. The summed E-state index contributed by atoms with van der Waals surface area (Å²) in [6.45, 7) is 2.22. The number of fused-ring (bicyclic) bond motifs is 1. The van der Waals surface area contributed by atoms with Crippen molar-refractivity contribution >= 4 is 44.1 Å². The number of carbonyl (C=O) groups is 2. The van der Waals surface area contributed by atoms with E-state index in [0.29, 0.717) is 22.0 Å². The maximum Gasteiger partial charge on any atom is 0.257 e. The first kappa shape index (κ1) is 17.2. The Hall–Kier alpha value is -1.66. The molecule has 0 unspecified atom stereocenters. The molecule has 1 atom stereocenters. The van der Waals surface area contributed by atoms with Gasteiger partial charge in [-0.3, -0.25) is 9.59 Å². The Bertz CT molecular complexity index is 800. The van der Waals surface area contributed by atoms with E-state index in [0.717, 1.165) is 29.3 Å². The summed E-state index contributed by atoms with van der Waals surface area (Å²) in [6, 6.07) is 7.27. The van der Waals surface area contributed by atoms with E-state index in [1.807, 2.05) is 18.2 Å². The molecule has 1 aliphatic rings. The van der Waals surface area contributed by atoms with Gasteiger partial charge < -0.3 is 10.6 Å². The minimum atomic E-state index is -0.209. The molecule has 4 nitrogen and oxygen atoms in total. The van der Waals surface area contributed by atoms with Gasteiger partial charge in [-0.05, 0) is 58.8 Å². The Labute approximate surface area is 153 Å². The van der Waals surface area contributed by atoms with Gasteiger partial charge >= 0.3 is 0 Å². The third kappa shape index (κ3) is 3.26. The molecule has 1 aromatic heterocycles. The Balaban J connectivity index is 1.97. The molecule has 0 radical (unpaired) electrons. The summed E-state index contributed by atoms with van der Waals surface area (Å²) in [7, 11) is 1.62. The standard InChI is InChI=1S/C18H19BrN2O2S/c1-10-7-8-12-14(9-10)24-18(15(12)17(23)20-2)21-16(22)11-5-3-4-6-13(11)19/h3-6,10H,7-9H2,1-2H3,(H,20,23)(H,21,22)/t10-/m0/s1. The van der Waals surface area contributed by atoms with Crippen molar-refractivity contribution in [3.8, 4) is 0 Å². The molecule has 2 amide bonds. The summed E-state index contributed by atoms with van der Waals surface area (Å²) >= 11 is 4.93. The number of halogens is 1. The fraction of sp³-hybridized carbons (Fsp3) is 0.333. The zero-order valence-electron chi connectivity index (χ0n) is 13.6. The molecule has 0 bridgehead atoms. The lowest BCUT2D eigenvalue weighted by atomic mass is 9.88. The average molecular weight is 407 g/mol. The molecule has 1 aromatic carbocycles. The molecule has 6 heteroatoms. The largest absolute Gasteiger partial charge is 0.355 e. The van der Waals surface area contributed by atoms with E-state index < -0.39 is 0 Å². The van der Waals surface area contributed by atoms with Gasteiger partial charge in [0.25, 0.3) is 11.8 Å². The van der Waals surface area contributed by atoms with Gasteiger partial charge in [-0.15, -0.1) is 11.3 Å². The SMILES string of the molecule is CNC(=O)c1c(NC(=O)c2ccccc2Br)sc2c1CC[C@H](C)C2. The van der Waals surface area contributed by atoms with Crippen molar-refractivity contribution in [2.75, 3.05) is 12.4 Å². The highest BCUT2D eigenvalue weighted by molar-refractivity contribution is 9.10. The van der Waals surface area contributed by atoms with E-state index in [9.17, 15) is 9.59 Å². The lowest BCUT2D eigenvalue weighted by Gasteiger charge is -2.18. The fourth-order valence-electron chi connectivity index (χ4n) is 3.02. The molecule has 0 fully saturated rings. The van der Waals surface area contributed by atoms with E-state index in [4.69, 9.17) is 0 Å².